The van der Waals surface area contributed by atoms with Gasteiger partial charge in [0.25, 0.3) is 5.56 Å². The first-order valence-electron chi connectivity index (χ1n) is 4.93. The van der Waals surface area contributed by atoms with Gasteiger partial charge in [-0.3, -0.25) is 24.3 Å². The van der Waals surface area contributed by atoms with E-state index in [9.17, 15) is 9.59 Å². The molecule has 0 saturated heterocycles. The summed E-state index contributed by atoms with van der Waals surface area (Å²) in [6.07, 6.45) is 3.16. The monoisotopic (exact) mass is 233 g/mol. The van der Waals surface area contributed by atoms with Gasteiger partial charge in [0.05, 0.1) is 24.1 Å². The quantitative estimate of drug-likeness (QED) is 0.710. The largest absolute Gasteiger partial charge is 0.385 e. The van der Waals surface area contributed by atoms with Gasteiger partial charge in [-0.2, -0.15) is 0 Å². The number of aromatic amines is 1. The molecule has 0 aliphatic heterocycles. The molecule has 0 spiro atoms. The molecule has 0 fully saturated rings. The van der Waals surface area contributed by atoms with E-state index in [0.29, 0.717) is 5.69 Å². The maximum absolute atomic E-state index is 11.5. The Morgan fingerprint density at radius 3 is 2.71 bits per heavy atom. The second kappa shape index (κ2) is 4.20. The minimum atomic E-state index is -0.558. The van der Waals surface area contributed by atoms with Crippen LogP contribution in [0.2, 0.25) is 0 Å². The number of nitrogen functional groups attached to an aromatic ring is 1. The number of aryl methyl sites for hydroxylation is 1. The van der Waals surface area contributed by atoms with E-state index in [0.717, 1.165) is 11.8 Å². The summed E-state index contributed by atoms with van der Waals surface area (Å²) in [5, 5.41) is 0. The van der Waals surface area contributed by atoms with Gasteiger partial charge in [0.1, 0.15) is 5.82 Å². The van der Waals surface area contributed by atoms with E-state index in [-0.39, 0.29) is 12.4 Å². The molecule has 7 nitrogen and oxygen atoms in total. The minimum Gasteiger partial charge on any atom is -0.385 e. The van der Waals surface area contributed by atoms with Gasteiger partial charge >= 0.3 is 5.69 Å². The Kier molecular flexibility index (Phi) is 2.73. The Balaban J connectivity index is 2.40. The van der Waals surface area contributed by atoms with Gasteiger partial charge in [-0.05, 0) is 6.92 Å². The number of aromatic nitrogens is 4. The molecule has 0 radical (unpaired) electrons. The van der Waals surface area contributed by atoms with Crippen LogP contribution in [0.5, 0.6) is 0 Å². The Bertz CT molecular complexity index is 641. The molecule has 0 bridgehead atoms. The highest BCUT2D eigenvalue weighted by Crippen LogP contribution is 2.00. The van der Waals surface area contributed by atoms with E-state index in [1.807, 2.05) is 6.92 Å². The van der Waals surface area contributed by atoms with E-state index in [1.54, 1.807) is 12.4 Å². The zero-order valence-corrected chi connectivity index (χ0v) is 9.17. The standard InChI is InChI=1S/C10H11N5O2/c1-6-3-13-7(4-12-6)5-15-8(11)2-9(16)14-10(15)17/h2-4H,5,11H2,1H3,(H,14,16,17). The van der Waals surface area contributed by atoms with Crippen LogP contribution < -0.4 is 17.0 Å². The maximum atomic E-state index is 11.5. The average molecular weight is 233 g/mol. The topological polar surface area (TPSA) is 107 Å². The molecule has 2 rings (SSSR count). The smallest absolute Gasteiger partial charge is 0.330 e. The summed E-state index contributed by atoms with van der Waals surface area (Å²) in [5.74, 6) is 0.0983. The first-order chi connectivity index (χ1) is 8.06. The molecule has 0 amide bonds. The van der Waals surface area contributed by atoms with Crippen LogP contribution in [0.15, 0.2) is 28.0 Å². The van der Waals surface area contributed by atoms with Crippen LogP contribution in [0.4, 0.5) is 5.82 Å². The van der Waals surface area contributed by atoms with Crippen LogP contribution in [-0.4, -0.2) is 19.5 Å². The number of nitrogens with one attached hydrogen (secondary N) is 1. The maximum Gasteiger partial charge on any atom is 0.330 e. The Morgan fingerprint density at radius 1 is 1.35 bits per heavy atom. The van der Waals surface area contributed by atoms with Crippen LogP contribution >= 0.6 is 0 Å². The number of anilines is 1. The first kappa shape index (κ1) is 11.1. The summed E-state index contributed by atoms with van der Waals surface area (Å²) in [4.78, 5) is 32.8. The third kappa shape index (κ3) is 2.39. The van der Waals surface area contributed by atoms with Crippen molar-refractivity contribution < 1.29 is 0 Å². The van der Waals surface area contributed by atoms with Gasteiger partial charge < -0.3 is 5.73 Å². The van der Waals surface area contributed by atoms with Gasteiger partial charge in [-0.15, -0.1) is 0 Å². The fourth-order valence-electron chi connectivity index (χ4n) is 1.36. The van der Waals surface area contributed by atoms with Gasteiger partial charge in [0.15, 0.2) is 0 Å². The van der Waals surface area contributed by atoms with Crippen molar-refractivity contribution in [3.05, 3.63) is 50.7 Å². The van der Waals surface area contributed by atoms with E-state index in [4.69, 9.17) is 5.73 Å². The van der Waals surface area contributed by atoms with Crippen LogP contribution in [0, 0.1) is 6.92 Å². The van der Waals surface area contributed by atoms with Crippen molar-refractivity contribution >= 4 is 5.82 Å². The highest BCUT2D eigenvalue weighted by atomic mass is 16.2. The lowest BCUT2D eigenvalue weighted by molar-refractivity contribution is 0.712. The lowest BCUT2D eigenvalue weighted by Gasteiger charge is -2.07. The third-order valence-corrected chi connectivity index (χ3v) is 2.22. The summed E-state index contributed by atoms with van der Waals surface area (Å²) in [7, 11) is 0. The molecule has 17 heavy (non-hydrogen) atoms. The van der Waals surface area contributed by atoms with Crippen molar-refractivity contribution in [2.75, 3.05) is 5.73 Å². The molecule has 0 unspecified atom stereocenters. The van der Waals surface area contributed by atoms with Crippen molar-refractivity contribution in [1.82, 2.24) is 19.5 Å². The molecule has 2 heterocycles. The third-order valence-electron chi connectivity index (χ3n) is 2.22. The normalized spacial score (nSPS) is 10.4. The highest BCUT2D eigenvalue weighted by Gasteiger charge is 2.04. The molecule has 0 atom stereocenters. The van der Waals surface area contributed by atoms with Crippen molar-refractivity contribution in [2.45, 2.75) is 13.5 Å². The molecule has 0 aromatic carbocycles. The van der Waals surface area contributed by atoms with Crippen molar-refractivity contribution in [1.29, 1.82) is 0 Å². The number of H-pyrrole nitrogens is 1. The zero-order chi connectivity index (χ0) is 12.4. The second-order valence-corrected chi connectivity index (χ2v) is 3.60. The van der Waals surface area contributed by atoms with Crippen molar-refractivity contribution in [3.63, 3.8) is 0 Å². The van der Waals surface area contributed by atoms with E-state index >= 15 is 0 Å². The minimum absolute atomic E-state index is 0.0983. The molecule has 0 aliphatic carbocycles. The van der Waals surface area contributed by atoms with Gasteiger partial charge in [-0.1, -0.05) is 0 Å². The number of nitrogens with zero attached hydrogens (tertiary/aromatic N) is 3. The highest BCUT2D eigenvalue weighted by molar-refractivity contribution is 5.27. The number of rotatable bonds is 2. The van der Waals surface area contributed by atoms with Gasteiger partial charge in [0, 0.05) is 12.3 Å². The van der Waals surface area contributed by atoms with Gasteiger partial charge in [0.2, 0.25) is 0 Å². The fraction of sp³-hybridized carbons (Fsp3) is 0.200. The van der Waals surface area contributed by atoms with E-state index in [1.165, 1.54) is 4.57 Å². The molecule has 88 valence electrons. The lowest BCUT2D eigenvalue weighted by Crippen LogP contribution is -2.31. The Hall–Kier alpha value is -2.44. The molecule has 7 heteroatoms. The van der Waals surface area contributed by atoms with Crippen molar-refractivity contribution in [2.24, 2.45) is 0 Å². The molecule has 2 aromatic rings. The summed E-state index contributed by atoms with van der Waals surface area (Å²) < 4.78 is 1.22. The number of hydrogen-bond acceptors (Lipinski definition) is 5. The second-order valence-electron chi connectivity index (χ2n) is 3.60. The number of hydrogen-bond donors (Lipinski definition) is 2. The summed E-state index contributed by atoms with van der Waals surface area (Å²) in [6.45, 7) is 1.99. The van der Waals surface area contributed by atoms with Crippen molar-refractivity contribution in [3.8, 4) is 0 Å². The summed E-state index contributed by atoms with van der Waals surface area (Å²) in [5.41, 5.74) is 5.90. The summed E-state index contributed by atoms with van der Waals surface area (Å²) in [6, 6.07) is 1.16. The zero-order valence-electron chi connectivity index (χ0n) is 9.17. The molecule has 0 aliphatic rings. The van der Waals surface area contributed by atoms with Gasteiger partial charge in [-0.25, -0.2) is 4.79 Å². The predicted molar refractivity (Wildman–Crippen MR) is 61.6 cm³/mol. The molecule has 0 saturated carbocycles. The number of nitrogens with two attached hydrogens (primary N) is 1. The SMILES string of the molecule is Cc1cnc(Cn2c(N)cc(=O)[nH]c2=O)cn1. The van der Waals surface area contributed by atoms with Crippen LogP contribution in [0.3, 0.4) is 0 Å². The van der Waals surface area contributed by atoms with Crippen LogP contribution in [0.25, 0.3) is 0 Å². The molecular weight excluding hydrogens is 222 g/mol. The molecule has 2 aromatic heterocycles. The van der Waals surface area contributed by atoms with Crippen LogP contribution in [0.1, 0.15) is 11.4 Å². The average Bonchev–Trinajstić information content (AvgIpc) is 2.26. The van der Waals surface area contributed by atoms with Crippen LogP contribution in [-0.2, 0) is 6.54 Å². The molecular formula is C10H11N5O2. The lowest BCUT2D eigenvalue weighted by atomic mass is 10.4. The first-order valence-corrected chi connectivity index (χ1v) is 4.93. The summed E-state index contributed by atoms with van der Waals surface area (Å²) >= 11 is 0. The fourth-order valence-corrected chi connectivity index (χ4v) is 1.36. The predicted octanol–water partition coefficient (Wildman–Crippen LogP) is -0.734. The molecule has 3 N–H and O–H groups in total. The van der Waals surface area contributed by atoms with E-state index < -0.39 is 11.2 Å². The Morgan fingerprint density at radius 2 is 2.12 bits per heavy atom. The Labute approximate surface area is 96.0 Å². The van der Waals surface area contributed by atoms with E-state index in [2.05, 4.69) is 15.0 Å².